The fourth-order valence-corrected chi connectivity index (χ4v) is 5.83. The normalized spacial score (nSPS) is 15.6. The van der Waals surface area contributed by atoms with Crippen LogP contribution >= 0.6 is 27.3 Å². The summed E-state index contributed by atoms with van der Waals surface area (Å²) in [4.78, 5) is 30.3. The van der Waals surface area contributed by atoms with E-state index >= 15 is 0 Å². The zero-order valence-corrected chi connectivity index (χ0v) is 18.1. The van der Waals surface area contributed by atoms with E-state index in [0.29, 0.717) is 24.4 Å². The first kappa shape index (κ1) is 20.2. The van der Waals surface area contributed by atoms with Crippen molar-refractivity contribution in [2.75, 3.05) is 24.6 Å². The molecule has 27 heavy (non-hydrogen) atoms. The number of fused-ring (bicyclic) bond motifs is 1. The summed E-state index contributed by atoms with van der Waals surface area (Å²) in [6, 6.07) is 5.76. The summed E-state index contributed by atoms with van der Waals surface area (Å²) < 4.78 is 28.2. The summed E-state index contributed by atoms with van der Waals surface area (Å²) in [5.74, 6) is -2.58. The number of aromatic nitrogens is 1. The van der Waals surface area contributed by atoms with Gasteiger partial charge in [0.25, 0.3) is 5.91 Å². The SMILES string of the molecule is CCn1c(=NC(=O)CS(=O)(=O)CC(=O)N2CCCC2)sc2cc(Br)ccc21. The monoisotopic (exact) mass is 473 g/mol. The van der Waals surface area contributed by atoms with Crippen LogP contribution in [-0.4, -0.2) is 54.3 Å². The Kier molecular flexibility index (Phi) is 6.17. The molecule has 1 aromatic heterocycles. The molecule has 7 nitrogen and oxygen atoms in total. The van der Waals surface area contributed by atoms with Crippen LogP contribution in [0.5, 0.6) is 0 Å². The third-order valence-electron chi connectivity index (χ3n) is 4.33. The van der Waals surface area contributed by atoms with Crippen LogP contribution in [0.2, 0.25) is 0 Å². The number of hydrogen-bond acceptors (Lipinski definition) is 5. The van der Waals surface area contributed by atoms with Crippen molar-refractivity contribution < 1.29 is 18.0 Å². The van der Waals surface area contributed by atoms with E-state index in [4.69, 9.17) is 0 Å². The molecule has 2 amide bonds. The van der Waals surface area contributed by atoms with E-state index in [-0.39, 0.29) is 0 Å². The van der Waals surface area contributed by atoms with Gasteiger partial charge in [0.2, 0.25) is 5.91 Å². The first-order valence-electron chi connectivity index (χ1n) is 8.64. The molecular formula is C17H20BrN3O4S2. The zero-order chi connectivity index (χ0) is 19.6. The van der Waals surface area contributed by atoms with Crippen LogP contribution in [0.1, 0.15) is 19.8 Å². The van der Waals surface area contributed by atoms with Crippen molar-refractivity contribution in [3.63, 3.8) is 0 Å². The van der Waals surface area contributed by atoms with Crippen LogP contribution in [0.3, 0.4) is 0 Å². The maximum absolute atomic E-state index is 12.3. The summed E-state index contributed by atoms with van der Waals surface area (Å²) in [6.07, 6.45) is 1.78. The molecule has 0 bridgehead atoms. The predicted octanol–water partition coefficient (Wildman–Crippen LogP) is 1.95. The minimum absolute atomic E-state index is 0.435. The molecule has 1 fully saturated rings. The quantitative estimate of drug-likeness (QED) is 0.663. The highest BCUT2D eigenvalue weighted by molar-refractivity contribution is 9.10. The molecule has 1 aliphatic heterocycles. The largest absolute Gasteiger partial charge is 0.342 e. The highest BCUT2D eigenvalue weighted by Crippen LogP contribution is 2.22. The molecule has 0 atom stereocenters. The molecule has 2 heterocycles. The average Bonchev–Trinajstić information content (AvgIpc) is 3.20. The molecule has 0 unspecified atom stereocenters. The number of nitrogens with zero attached hydrogens (tertiary/aromatic N) is 3. The maximum Gasteiger partial charge on any atom is 0.263 e. The number of carbonyl (C=O) groups is 2. The van der Waals surface area contributed by atoms with E-state index in [2.05, 4.69) is 20.9 Å². The van der Waals surface area contributed by atoms with Gasteiger partial charge in [-0.15, -0.1) is 0 Å². The molecular weight excluding hydrogens is 454 g/mol. The van der Waals surface area contributed by atoms with E-state index < -0.39 is 33.2 Å². The Bertz CT molecular complexity index is 1050. The smallest absolute Gasteiger partial charge is 0.263 e. The number of amides is 2. The van der Waals surface area contributed by atoms with Crippen molar-refractivity contribution in [1.82, 2.24) is 9.47 Å². The van der Waals surface area contributed by atoms with Gasteiger partial charge in [-0.25, -0.2) is 8.42 Å². The molecule has 0 N–H and O–H groups in total. The number of sulfone groups is 1. The third kappa shape index (κ3) is 4.85. The number of hydrogen-bond donors (Lipinski definition) is 0. The second-order valence-corrected chi connectivity index (χ2v) is 10.4. The molecule has 1 saturated heterocycles. The third-order valence-corrected chi connectivity index (χ3v) is 7.23. The molecule has 146 valence electrons. The Morgan fingerprint density at radius 1 is 1.22 bits per heavy atom. The maximum atomic E-state index is 12.3. The van der Waals surface area contributed by atoms with Crippen LogP contribution in [0, 0.1) is 0 Å². The van der Waals surface area contributed by atoms with E-state index in [9.17, 15) is 18.0 Å². The summed E-state index contributed by atoms with van der Waals surface area (Å²) in [5, 5.41) is 0. The molecule has 0 saturated carbocycles. The Labute approximate surface area is 169 Å². The summed E-state index contributed by atoms with van der Waals surface area (Å²) in [5.41, 5.74) is 0.935. The van der Waals surface area contributed by atoms with Crippen LogP contribution < -0.4 is 4.80 Å². The number of aryl methyl sites for hydroxylation is 1. The van der Waals surface area contributed by atoms with Gasteiger partial charge in [0, 0.05) is 24.1 Å². The minimum Gasteiger partial charge on any atom is -0.342 e. The zero-order valence-electron chi connectivity index (χ0n) is 14.9. The van der Waals surface area contributed by atoms with Gasteiger partial charge >= 0.3 is 0 Å². The van der Waals surface area contributed by atoms with Gasteiger partial charge in [-0.3, -0.25) is 9.59 Å². The van der Waals surface area contributed by atoms with Gasteiger partial charge in [0.15, 0.2) is 14.6 Å². The Balaban J connectivity index is 1.79. The van der Waals surface area contributed by atoms with Crippen LogP contribution in [0.4, 0.5) is 0 Å². The lowest BCUT2D eigenvalue weighted by atomic mass is 10.3. The van der Waals surface area contributed by atoms with Crippen molar-refractivity contribution >= 4 is 59.1 Å². The first-order chi connectivity index (χ1) is 12.8. The van der Waals surface area contributed by atoms with Gasteiger partial charge in [-0.2, -0.15) is 4.99 Å². The second kappa shape index (κ2) is 8.24. The number of carbonyl (C=O) groups excluding carboxylic acids is 2. The van der Waals surface area contributed by atoms with E-state index in [1.165, 1.54) is 16.2 Å². The van der Waals surface area contributed by atoms with Gasteiger partial charge in [-0.05, 0) is 38.0 Å². The second-order valence-electron chi connectivity index (χ2n) is 6.37. The highest BCUT2D eigenvalue weighted by Gasteiger charge is 2.26. The van der Waals surface area contributed by atoms with Crippen molar-refractivity contribution in [2.45, 2.75) is 26.3 Å². The molecule has 2 aromatic rings. The van der Waals surface area contributed by atoms with Gasteiger partial charge in [-0.1, -0.05) is 27.3 Å². The van der Waals surface area contributed by atoms with Gasteiger partial charge in [0.05, 0.1) is 10.2 Å². The molecule has 0 spiro atoms. The molecule has 0 aliphatic carbocycles. The molecule has 0 radical (unpaired) electrons. The average molecular weight is 474 g/mol. The molecule has 1 aromatic carbocycles. The predicted molar refractivity (Wildman–Crippen MR) is 108 cm³/mol. The van der Waals surface area contributed by atoms with Crippen molar-refractivity contribution in [3.8, 4) is 0 Å². The Morgan fingerprint density at radius 2 is 1.93 bits per heavy atom. The topological polar surface area (TPSA) is 88.8 Å². The van der Waals surface area contributed by atoms with E-state index in [1.807, 2.05) is 29.7 Å². The number of benzene rings is 1. The van der Waals surface area contributed by atoms with Crippen molar-refractivity contribution in [1.29, 1.82) is 0 Å². The molecule has 3 rings (SSSR count). The van der Waals surface area contributed by atoms with Gasteiger partial charge in [0.1, 0.15) is 11.5 Å². The number of likely N-dealkylation sites (tertiary alicyclic amines) is 1. The van der Waals surface area contributed by atoms with Crippen LogP contribution in [0.15, 0.2) is 27.7 Å². The van der Waals surface area contributed by atoms with Crippen molar-refractivity contribution in [2.24, 2.45) is 4.99 Å². The number of thiazole rings is 1. The highest BCUT2D eigenvalue weighted by atomic mass is 79.9. The molecule has 1 aliphatic rings. The lowest BCUT2D eigenvalue weighted by Gasteiger charge is -2.14. The lowest BCUT2D eigenvalue weighted by molar-refractivity contribution is -0.127. The van der Waals surface area contributed by atoms with E-state index in [1.54, 1.807) is 0 Å². The lowest BCUT2D eigenvalue weighted by Crippen LogP contribution is -2.35. The summed E-state index contributed by atoms with van der Waals surface area (Å²) in [6.45, 7) is 3.71. The number of halogens is 1. The summed E-state index contributed by atoms with van der Waals surface area (Å²) >= 11 is 4.74. The summed E-state index contributed by atoms with van der Waals surface area (Å²) in [7, 11) is -3.84. The Morgan fingerprint density at radius 3 is 2.59 bits per heavy atom. The van der Waals surface area contributed by atoms with Crippen molar-refractivity contribution in [3.05, 3.63) is 27.5 Å². The Hall–Kier alpha value is -1.52. The first-order valence-corrected chi connectivity index (χ1v) is 12.1. The van der Waals surface area contributed by atoms with Crippen LogP contribution in [-0.2, 0) is 26.0 Å². The van der Waals surface area contributed by atoms with Crippen LogP contribution in [0.25, 0.3) is 10.2 Å². The molecule has 10 heteroatoms. The van der Waals surface area contributed by atoms with Gasteiger partial charge < -0.3 is 9.47 Å². The standard InChI is InChI=1S/C17H20BrN3O4S2/c1-2-21-13-6-5-12(18)9-14(13)26-17(21)19-15(22)10-27(24,25)11-16(23)20-7-3-4-8-20/h5-6,9H,2-4,7-8,10-11H2,1H3. The minimum atomic E-state index is -3.84. The fraction of sp³-hybridized carbons (Fsp3) is 0.471. The van der Waals surface area contributed by atoms with E-state index in [0.717, 1.165) is 27.5 Å². The fourth-order valence-electron chi connectivity index (χ4n) is 3.06. The number of rotatable bonds is 5.